The second kappa shape index (κ2) is 11.4. The molecule has 0 spiro atoms. The summed E-state index contributed by atoms with van der Waals surface area (Å²) in [6, 6.07) is 13.5. The molecule has 1 heterocycles. The molecule has 37 heavy (non-hydrogen) atoms. The number of nitriles is 1. The Hall–Kier alpha value is -3.33. The van der Waals surface area contributed by atoms with Crippen LogP contribution in [-0.4, -0.2) is 43.4 Å². The number of sulfonamides is 1. The van der Waals surface area contributed by atoms with E-state index in [0.29, 0.717) is 16.3 Å². The summed E-state index contributed by atoms with van der Waals surface area (Å²) in [5.41, 5.74) is 4.42. The molecule has 0 bridgehead atoms. The molecular weight excluding hydrogens is 510 g/mol. The Bertz CT molecular complexity index is 1440. The first-order valence-electron chi connectivity index (χ1n) is 12.1. The van der Waals surface area contributed by atoms with E-state index < -0.39 is 10.0 Å². The number of nitrogens with one attached hydrogen (secondary N) is 2. The fraction of sp³-hybridized carbons (Fsp3) is 0.385. The van der Waals surface area contributed by atoms with E-state index in [1.807, 2.05) is 38.1 Å². The van der Waals surface area contributed by atoms with Gasteiger partial charge in [0.15, 0.2) is 0 Å². The van der Waals surface area contributed by atoms with Crippen molar-refractivity contribution in [1.82, 2.24) is 20.2 Å². The molecule has 0 radical (unpaired) electrons. The average Bonchev–Trinajstić information content (AvgIpc) is 3.33. The lowest BCUT2D eigenvalue weighted by Gasteiger charge is -2.27. The van der Waals surface area contributed by atoms with Crippen LogP contribution in [0.4, 0.5) is 0 Å². The van der Waals surface area contributed by atoms with Gasteiger partial charge in [-0.15, -0.1) is 10.2 Å². The summed E-state index contributed by atoms with van der Waals surface area (Å²) in [7, 11) is -3.33. The van der Waals surface area contributed by atoms with E-state index in [1.165, 1.54) is 11.3 Å². The van der Waals surface area contributed by atoms with Crippen LogP contribution in [0.5, 0.6) is 5.75 Å². The van der Waals surface area contributed by atoms with Gasteiger partial charge >= 0.3 is 0 Å². The van der Waals surface area contributed by atoms with Crippen molar-refractivity contribution in [3.05, 3.63) is 53.1 Å². The van der Waals surface area contributed by atoms with E-state index in [1.54, 1.807) is 12.1 Å². The van der Waals surface area contributed by atoms with Crippen LogP contribution < -0.4 is 14.8 Å². The highest BCUT2D eigenvalue weighted by molar-refractivity contribution is 7.88. The number of hydrogen-bond acceptors (Lipinski definition) is 8. The highest BCUT2D eigenvalue weighted by Crippen LogP contribution is 2.39. The predicted molar refractivity (Wildman–Crippen MR) is 143 cm³/mol. The largest absolute Gasteiger partial charge is 0.490 e. The van der Waals surface area contributed by atoms with E-state index in [9.17, 15) is 18.5 Å². The Kier molecular flexibility index (Phi) is 8.22. The topological polar surface area (TPSA) is 134 Å². The number of carbonyl (C=O) groups is 1. The molecule has 0 aliphatic heterocycles. The Morgan fingerprint density at radius 3 is 2.76 bits per heavy atom. The maximum atomic E-state index is 12.5. The van der Waals surface area contributed by atoms with Crippen LogP contribution in [0.2, 0.25) is 0 Å². The normalized spacial score (nSPS) is 15.2. The Morgan fingerprint density at radius 2 is 2.03 bits per heavy atom. The summed E-state index contributed by atoms with van der Waals surface area (Å²) in [5, 5.41) is 22.9. The van der Waals surface area contributed by atoms with E-state index in [4.69, 9.17) is 4.74 Å². The number of fused-ring (bicyclic) bond motifs is 1. The molecule has 0 unspecified atom stereocenters. The summed E-state index contributed by atoms with van der Waals surface area (Å²) in [5.74, 6) is 0.346. The van der Waals surface area contributed by atoms with E-state index in [0.717, 1.165) is 52.8 Å². The van der Waals surface area contributed by atoms with Gasteiger partial charge in [0.2, 0.25) is 15.9 Å². The number of benzene rings is 2. The van der Waals surface area contributed by atoms with Crippen molar-refractivity contribution in [2.45, 2.75) is 51.7 Å². The Balaban J connectivity index is 1.54. The van der Waals surface area contributed by atoms with Crippen molar-refractivity contribution in [2.75, 3.05) is 12.8 Å². The smallest absolute Gasteiger partial charge is 0.221 e. The van der Waals surface area contributed by atoms with Gasteiger partial charge in [0.25, 0.3) is 0 Å². The first-order valence-corrected chi connectivity index (χ1v) is 14.8. The van der Waals surface area contributed by atoms with Gasteiger partial charge in [-0.2, -0.15) is 5.26 Å². The highest BCUT2D eigenvalue weighted by Gasteiger charge is 2.25. The van der Waals surface area contributed by atoms with Crippen LogP contribution in [0.3, 0.4) is 0 Å². The summed E-state index contributed by atoms with van der Waals surface area (Å²) in [4.78, 5) is 12.5. The quantitative estimate of drug-likeness (QED) is 0.420. The minimum atomic E-state index is -3.33. The molecule has 1 aliphatic carbocycles. The van der Waals surface area contributed by atoms with Gasteiger partial charge in [-0.05, 0) is 62.4 Å². The van der Waals surface area contributed by atoms with Crippen LogP contribution >= 0.6 is 11.3 Å². The van der Waals surface area contributed by atoms with Crippen LogP contribution in [0.1, 0.15) is 55.8 Å². The molecule has 9 nitrogen and oxygen atoms in total. The minimum absolute atomic E-state index is 0.0342. The van der Waals surface area contributed by atoms with Crippen molar-refractivity contribution in [3.63, 3.8) is 0 Å². The lowest BCUT2D eigenvalue weighted by Crippen LogP contribution is -2.34. The number of rotatable bonds is 9. The molecular formula is C26H29N5O4S2. The van der Waals surface area contributed by atoms with Crippen molar-refractivity contribution >= 4 is 27.3 Å². The number of hydrogen-bond donors (Lipinski definition) is 2. The van der Waals surface area contributed by atoms with Gasteiger partial charge in [-0.25, -0.2) is 13.1 Å². The predicted octanol–water partition coefficient (Wildman–Crippen LogP) is 3.96. The second-order valence-corrected chi connectivity index (χ2v) is 12.0. The van der Waals surface area contributed by atoms with Gasteiger partial charge in [0, 0.05) is 24.1 Å². The molecule has 1 aliphatic rings. The van der Waals surface area contributed by atoms with Crippen molar-refractivity contribution in [1.29, 1.82) is 5.26 Å². The maximum absolute atomic E-state index is 12.5. The molecule has 3 aromatic rings. The molecule has 1 atom stereocenters. The van der Waals surface area contributed by atoms with Crippen LogP contribution in [0.15, 0.2) is 36.4 Å². The number of amides is 1. The molecule has 11 heteroatoms. The maximum Gasteiger partial charge on any atom is 0.221 e. The third kappa shape index (κ3) is 6.71. The highest BCUT2D eigenvalue weighted by atomic mass is 32.2. The van der Waals surface area contributed by atoms with Crippen molar-refractivity contribution < 1.29 is 17.9 Å². The summed E-state index contributed by atoms with van der Waals surface area (Å²) >= 11 is 1.45. The van der Waals surface area contributed by atoms with Crippen LogP contribution in [0.25, 0.3) is 21.1 Å². The number of carbonyl (C=O) groups excluding carboxylic acids is 1. The fourth-order valence-electron chi connectivity index (χ4n) is 4.37. The Labute approximate surface area is 220 Å². The van der Waals surface area contributed by atoms with Crippen molar-refractivity contribution in [3.8, 4) is 33.0 Å². The van der Waals surface area contributed by atoms with E-state index in [2.05, 4.69) is 26.3 Å². The zero-order valence-electron chi connectivity index (χ0n) is 20.9. The first-order chi connectivity index (χ1) is 17.6. The van der Waals surface area contributed by atoms with Gasteiger partial charge < -0.3 is 10.1 Å². The zero-order valence-corrected chi connectivity index (χ0v) is 22.6. The van der Waals surface area contributed by atoms with E-state index >= 15 is 0 Å². The number of aromatic nitrogens is 2. The third-order valence-electron chi connectivity index (χ3n) is 5.92. The summed E-state index contributed by atoms with van der Waals surface area (Å²) in [6.45, 7) is 3.90. The SMILES string of the molecule is CC(C)Oc1ccc(-c2nnc(-c3cccc4c3CCC[C@H]4NC(=O)CCNS(C)(=O)=O)s2)cc1C#N. The van der Waals surface area contributed by atoms with Crippen LogP contribution in [0, 0.1) is 11.3 Å². The van der Waals surface area contributed by atoms with Crippen molar-refractivity contribution in [2.24, 2.45) is 0 Å². The van der Waals surface area contributed by atoms with Gasteiger partial charge in [-0.3, -0.25) is 4.79 Å². The van der Waals surface area contributed by atoms with E-state index in [-0.39, 0.29) is 31.0 Å². The van der Waals surface area contributed by atoms with Gasteiger partial charge in [0.05, 0.1) is 24.0 Å². The number of nitrogens with zero attached hydrogens (tertiary/aromatic N) is 3. The molecule has 1 aromatic heterocycles. The molecule has 2 aromatic carbocycles. The zero-order chi connectivity index (χ0) is 26.6. The molecule has 2 N–H and O–H groups in total. The van der Waals surface area contributed by atoms with Crippen LogP contribution in [-0.2, 0) is 21.2 Å². The molecule has 0 saturated carbocycles. The minimum Gasteiger partial charge on any atom is -0.490 e. The average molecular weight is 540 g/mol. The summed E-state index contributed by atoms with van der Waals surface area (Å²) < 4.78 is 30.6. The summed E-state index contributed by atoms with van der Waals surface area (Å²) in [6.07, 6.45) is 3.69. The fourth-order valence-corrected chi connectivity index (χ4v) is 5.74. The molecule has 1 amide bonds. The standard InChI is InChI=1S/C26H29N5O4S2/c1-16(2)35-23-11-10-17(14-18(23)15-27)25-30-31-26(36-25)21-8-4-7-20-19(21)6-5-9-22(20)29-24(32)12-13-28-37(3,33)34/h4,7-8,10-11,14,16,22,28H,5-6,9,12-13H2,1-3H3,(H,29,32)/t22-/m1/s1. The molecule has 0 saturated heterocycles. The Morgan fingerprint density at radius 1 is 1.24 bits per heavy atom. The third-order valence-corrected chi connectivity index (χ3v) is 7.66. The van der Waals surface area contributed by atoms with Gasteiger partial charge in [0.1, 0.15) is 21.8 Å². The molecule has 0 fully saturated rings. The number of ether oxygens (including phenoxy) is 1. The molecule has 194 valence electrons. The second-order valence-electron chi connectivity index (χ2n) is 9.20. The first kappa shape index (κ1) is 26.7. The lowest BCUT2D eigenvalue weighted by atomic mass is 9.85. The lowest BCUT2D eigenvalue weighted by molar-refractivity contribution is -0.121. The van der Waals surface area contributed by atoms with Gasteiger partial charge in [-0.1, -0.05) is 29.5 Å². The molecule has 4 rings (SSSR count). The monoisotopic (exact) mass is 539 g/mol.